The molecule has 1 atom stereocenters. The minimum absolute atomic E-state index is 0.185. The summed E-state index contributed by atoms with van der Waals surface area (Å²) in [5, 5.41) is 5.63. The van der Waals surface area contributed by atoms with Gasteiger partial charge in [-0.2, -0.15) is 0 Å². The molecule has 7 nitrogen and oxygen atoms in total. The monoisotopic (exact) mass is 503 g/mol. The molecule has 3 amide bonds. The van der Waals surface area contributed by atoms with E-state index in [1.807, 2.05) is 26.0 Å². The van der Waals surface area contributed by atoms with Gasteiger partial charge in [0.15, 0.2) is 0 Å². The first-order valence-electron chi connectivity index (χ1n) is 13.6. The third-order valence-electron chi connectivity index (χ3n) is 5.81. The lowest BCUT2D eigenvalue weighted by Gasteiger charge is -2.32. The highest BCUT2D eigenvalue weighted by atomic mass is 16.6. The van der Waals surface area contributed by atoms with Gasteiger partial charge in [-0.1, -0.05) is 81.7 Å². The number of amides is 3. The molecule has 7 heteroatoms. The molecule has 2 N–H and O–H groups in total. The number of ether oxygens (including phenoxy) is 1. The Bertz CT molecular complexity index is 812. The fourth-order valence-corrected chi connectivity index (χ4v) is 4.17. The maximum absolute atomic E-state index is 13.5. The van der Waals surface area contributed by atoms with Crippen molar-refractivity contribution in [1.82, 2.24) is 15.5 Å². The van der Waals surface area contributed by atoms with Crippen LogP contribution in [-0.4, -0.2) is 48.0 Å². The Labute approximate surface area is 218 Å². The van der Waals surface area contributed by atoms with E-state index in [0.717, 1.165) is 68.1 Å². The number of hydrogen-bond acceptors (Lipinski definition) is 4. The first kappa shape index (κ1) is 31.5. The molecule has 0 aliphatic heterocycles. The zero-order valence-corrected chi connectivity index (χ0v) is 23.7. The summed E-state index contributed by atoms with van der Waals surface area (Å²) in [6.45, 7) is 14.4. The van der Waals surface area contributed by atoms with Crippen molar-refractivity contribution < 1.29 is 19.1 Å². The van der Waals surface area contributed by atoms with Gasteiger partial charge in [-0.3, -0.25) is 9.59 Å². The highest BCUT2D eigenvalue weighted by Crippen LogP contribution is 2.25. The van der Waals surface area contributed by atoms with Crippen LogP contribution in [0.2, 0.25) is 0 Å². The first-order valence-corrected chi connectivity index (χ1v) is 13.6. The second-order valence-electron chi connectivity index (χ2n) is 10.7. The molecule has 204 valence electrons. The van der Waals surface area contributed by atoms with Crippen LogP contribution in [0, 0.1) is 13.8 Å². The summed E-state index contributed by atoms with van der Waals surface area (Å²) in [7, 11) is 0. The average Bonchev–Trinajstić information content (AvgIpc) is 2.77. The van der Waals surface area contributed by atoms with Crippen molar-refractivity contribution in [2.24, 2.45) is 0 Å². The van der Waals surface area contributed by atoms with Crippen molar-refractivity contribution in [3.8, 4) is 0 Å². The van der Waals surface area contributed by atoms with Gasteiger partial charge in [-0.25, -0.2) is 4.79 Å². The van der Waals surface area contributed by atoms with Gasteiger partial charge in [0.1, 0.15) is 18.2 Å². The fraction of sp³-hybridized carbons (Fsp3) is 0.690. The van der Waals surface area contributed by atoms with Gasteiger partial charge in [-0.05, 0) is 53.0 Å². The molecule has 0 heterocycles. The third-order valence-corrected chi connectivity index (χ3v) is 5.81. The van der Waals surface area contributed by atoms with Gasteiger partial charge in [0.05, 0.1) is 0 Å². The molecule has 0 radical (unpaired) electrons. The van der Waals surface area contributed by atoms with Gasteiger partial charge in [0, 0.05) is 13.1 Å². The Morgan fingerprint density at radius 3 is 2.03 bits per heavy atom. The Kier molecular flexibility index (Phi) is 14.2. The number of nitrogens with one attached hydrogen (secondary N) is 2. The number of hydrogen-bond donors (Lipinski definition) is 2. The van der Waals surface area contributed by atoms with Crippen molar-refractivity contribution in [3.63, 3.8) is 0 Å². The molecule has 1 unspecified atom stereocenters. The van der Waals surface area contributed by atoms with Crippen molar-refractivity contribution >= 4 is 17.9 Å². The number of unbranched alkanes of at least 4 members (excludes halogenated alkanes) is 6. The largest absolute Gasteiger partial charge is 0.444 e. The zero-order valence-electron chi connectivity index (χ0n) is 23.7. The summed E-state index contributed by atoms with van der Waals surface area (Å²) >= 11 is 0. The van der Waals surface area contributed by atoms with Gasteiger partial charge >= 0.3 is 6.09 Å². The van der Waals surface area contributed by atoms with E-state index in [4.69, 9.17) is 4.74 Å². The molecule has 1 aromatic carbocycles. The van der Waals surface area contributed by atoms with Crippen LogP contribution in [-0.2, 0) is 14.3 Å². The number of rotatable bonds is 15. The maximum atomic E-state index is 13.5. The van der Waals surface area contributed by atoms with E-state index in [0.29, 0.717) is 13.1 Å². The zero-order chi connectivity index (χ0) is 27.1. The summed E-state index contributed by atoms with van der Waals surface area (Å²) in [5.41, 5.74) is 2.21. The lowest BCUT2D eigenvalue weighted by atomic mass is 9.98. The van der Waals surface area contributed by atoms with E-state index in [1.54, 1.807) is 25.7 Å². The number of aryl methyl sites for hydroxylation is 2. The van der Waals surface area contributed by atoms with E-state index < -0.39 is 17.7 Å². The van der Waals surface area contributed by atoms with Gasteiger partial charge in [-0.15, -0.1) is 0 Å². The number of nitrogens with zero attached hydrogens (tertiary/aromatic N) is 1. The third kappa shape index (κ3) is 12.4. The van der Waals surface area contributed by atoms with E-state index >= 15 is 0 Å². The maximum Gasteiger partial charge on any atom is 0.408 e. The van der Waals surface area contributed by atoms with Crippen molar-refractivity contribution in [2.45, 2.75) is 111 Å². The van der Waals surface area contributed by atoms with E-state index in [1.165, 1.54) is 0 Å². The summed E-state index contributed by atoms with van der Waals surface area (Å²) in [5.74, 6) is -0.487. The van der Waals surface area contributed by atoms with Crippen LogP contribution in [0.5, 0.6) is 0 Å². The van der Waals surface area contributed by atoms with Gasteiger partial charge in [0.25, 0.3) is 0 Å². The molecular formula is C29H49N3O4. The highest BCUT2D eigenvalue weighted by molar-refractivity contribution is 5.90. The smallest absolute Gasteiger partial charge is 0.408 e. The van der Waals surface area contributed by atoms with Crippen LogP contribution in [0.1, 0.15) is 109 Å². The second kappa shape index (κ2) is 16.2. The van der Waals surface area contributed by atoms with E-state index in [-0.39, 0.29) is 18.4 Å². The summed E-state index contributed by atoms with van der Waals surface area (Å²) in [6, 6.07) is 5.24. The molecular weight excluding hydrogens is 454 g/mol. The molecule has 0 aliphatic rings. The van der Waals surface area contributed by atoms with Gasteiger partial charge < -0.3 is 20.3 Å². The number of carbonyl (C=O) groups excluding carboxylic acids is 3. The van der Waals surface area contributed by atoms with E-state index in [2.05, 4.69) is 30.5 Å². The minimum Gasteiger partial charge on any atom is -0.444 e. The summed E-state index contributed by atoms with van der Waals surface area (Å²) in [6.07, 6.45) is 7.49. The predicted octanol–water partition coefficient (Wildman–Crippen LogP) is 5.97. The average molecular weight is 504 g/mol. The second-order valence-corrected chi connectivity index (χ2v) is 10.7. The minimum atomic E-state index is -0.760. The Balaban J connectivity index is 3.20. The molecule has 1 aromatic rings. The van der Waals surface area contributed by atoms with Crippen LogP contribution < -0.4 is 10.6 Å². The molecule has 0 saturated heterocycles. The fourth-order valence-electron chi connectivity index (χ4n) is 4.17. The molecule has 1 rings (SSSR count). The lowest BCUT2D eigenvalue weighted by Crippen LogP contribution is -2.48. The molecule has 36 heavy (non-hydrogen) atoms. The highest BCUT2D eigenvalue weighted by Gasteiger charge is 2.31. The number of benzene rings is 1. The molecule has 0 spiro atoms. The van der Waals surface area contributed by atoms with Crippen LogP contribution in [0.15, 0.2) is 18.2 Å². The first-order chi connectivity index (χ1) is 17.0. The van der Waals surface area contributed by atoms with Crippen LogP contribution in [0.4, 0.5) is 4.79 Å². The molecule has 0 saturated carbocycles. The molecule has 0 aliphatic carbocycles. The SMILES string of the molecule is CCCCCCCN(C(=O)CNC(=O)OC(C)(C)C)C(C(=O)NCCCCC)c1cc(C)cc(C)c1. The Hall–Kier alpha value is -2.57. The van der Waals surface area contributed by atoms with Crippen LogP contribution >= 0.6 is 0 Å². The summed E-state index contributed by atoms with van der Waals surface area (Å²) in [4.78, 5) is 40.8. The van der Waals surface area contributed by atoms with Crippen LogP contribution in [0.25, 0.3) is 0 Å². The van der Waals surface area contributed by atoms with Gasteiger partial charge in [0.2, 0.25) is 11.8 Å². The molecule has 0 bridgehead atoms. The van der Waals surface area contributed by atoms with Crippen molar-refractivity contribution in [3.05, 3.63) is 34.9 Å². The standard InChI is InChI=1S/C29H49N3O4/c1-8-10-12-13-15-17-32(25(33)21-31-28(35)36-29(5,6)7)26(27(34)30-16-14-11-9-2)24-19-22(3)18-23(4)20-24/h18-20,26H,8-17,21H2,1-7H3,(H,30,34)(H,31,35). The Morgan fingerprint density at radius 1 is 0.861 bits per heavy atom. The Morgan fingerprint density at radius 2 is 1.44 bits per heavy atom. The number of alkyl carbamates (subject to hydrolysis) is 1. The van der Waals surface area contributed by atoms with Crippen molar-refractivity contribution in [1.29, 1.82) is 0 Å². The molecule has 0 aromatic heterocycles. The quantitative estimate of drug-likeness (QED) is 0.288. The predicted molar refractivity (Wildman–Crippen MR) is 146 cm³/mol. The normalized spacial score (nSPS) is 12.1. The lowest BCUT2D eigenvalue weighted by molar-refractivity contribution is -0.140. The van der Waals surface area contributed by atoms with E-state index in [9.17, 15) is 14.4 Å². The molecule has 0 fully saturated rings. The summed E-state index contributed by atoms with van der Waals surface area (Å²) < 4.78 is 5.29. The topological polar surface area (TPSA) is 87.7 Å². The van der Waals surface area contributed by atoms with Crippen LogP contribution in [0.3, 0.4) is 0 Å². The van der Waals surface area contributed by atoms with Crippen molar-refractivity contribution in [2.75, 3.05) is 19.6 Å². The number of carbonyl (C=O) groups is 3.